The molecule has 0 saturated heterocycles. The van der Waals surface area contributed by atoms with Crippen molar-refractivity contribution in [1.29, 1.82) is 0 Å². The van der Waals surface area contributed by atoms with Crippen LogP contribution in [0.3, 0.4) is 0 Å². The second kappa shape index (κ2) is 8.42. The van der Waals surface area contributed by atoms with Gasteiger partial charge in [-0.15, -0.1) is 0 Å². The molecule has 0 aliphatic rings. The zero-order valence-corrected chi connectivity index (χ0v) is 21.0. The summed E-state index contributed by atoms with van der Waals surface area (Å²) in [6.07, 6.45) is 0. The van der Waals surface area contributed by atoms with Crippen LogP contribution in [0, 0.1) is 0 Å². The summed E-state index contributed by atoms with van der Waals surface area (Å²) >= 11 is 0. The lowest BCUT2D eigenvalue weighted by molar-refractivity contribution is 0.590. The van der Waals surface area contributed by atoms with Crippen LogP contribution in [0.4, 0.5) is 5.69 Å². The van der Waals surface area contributed by atoms with Crippen LogP contribution >= 0.6 is 0 Å². The van der Waals surface area contributed by atoms with Crippen LogP contribution in [0.1, 0.15) is 26.3 Å². The van der Waals surface area contributed by atoms with Crippen LogP contribution in [0.25, 0.3) is 54.5 Å². The molecular formula is C34H30N2. The number of nitrogen functional groups attached to an aromatic ring is 1. The fourth-order valence-corrected chi connectivity index (χ4v) is 5.27. The maximum absolute atomic E-state index is 6.64. The number of benzene rings is 5. The van der Waals surface area contributed by atoms with Gasteiger partial charge in [0.25, 0.3) is 0 Å². The van der Waals surface area contributed by atoms with Crippen LogP contribution in [0.2, 0.25) is 0 Å². The zero-order valence-electron chi connectivity index (χ0n) is 21.0. The molecule has 0 bridgehead atoms. The molecule has 0 aliphatic heterocycles. The number of fused-ring (bicyclic) bond motifs is 7. The minimum atomic E-state index is 0.0649. The molecule has 0 fully saturated rings. The fraction of sp³-hybridized carbons (Fsp3) is 0.118. The Balaban J connectivity index is 1.91. The van der Waals surface area contributed by atoms with Crippen molar-refractivity contribution in [3.05, 3.63) is 115 Å². The molecule has 1 heterocycles. The summed E-state index contributed by atoms with van der Waals surface area (Å²) in [4.78, 5) is 3.83. The van der Waals surface area contributed by atoms with E-state index in [1.807, 2.05) is 12.1 Å². The topological polar surface area (TPSA) is 41.8 Å². The number of rotatable bonds is 1. The van der Waals surface area contributed by atoms with Gasteiger partial charge in [-0.05, 0) is 44.2 Å². The SMILES string of the molecule is CC(C)(C)c1cccc(-c2cccc3c2[nH]c2c(N)cccc2c2ccccc2c2ccccc32)c1. The van der Waals surface area contributed by atoms with Crippen LogP contribution in [-0.4, -0.2) is 4.98 Å². The third-order valence-corrected chi connectivity index (χ3v) is 7.18. The fourth-order valence-electron chi connectivity index (χ4n) is 5.27. The summed E-state index contributed by atoms with van der Waals surface area (Å²) < 4.78 is 0. The number of hydrogen-bond acceptors (Lipinski definition) is 1. The summed E-state index contributed by atoms with van der Waals surface area (Å²) in [6.45, 7) is 6.78. The van der Waals surface area contributed by atoms with Crippen molar-refractivity contribution in [3.8, 4) is 11.1 Å². The molecule has 2 nitrogen and oxygen atoms in total. The van der Waals surface area contributed by atoms with Gasteiger partial charge in [0, 0.05) is 16.3 Å². The molecule has 0 saturated carbocycles. The molecule has 36 heavy (non-hydrogen) atoms. The molecule has 1 aromatic heterocycles. The number of H-pyrrole nitrogens is 1. The monoisotopic (exact) mass is 466 g/mol. The van der Waals surface area contributed by atoms with Crippen molar-refractivity contribution in [2.75, 3.05) is 5.73 Å². The molecule has 3 N–H and O–H groups in total. The van der Waals surface area contributed by atoms with Crippen molar-refractivity contribution in [3.63, 3.8) is 0 Å². The summed E-state index contributed by atoms with van der Waals surface area (Å²) in [6, 6.07) is 39.0. The van der Waals surface area contributed by atoms with Gasteiger partial charge in [0.1, 0.15) is 0 Å². The molecule has 0 spiro atoms. The molecule has 0 amide bonds. The van der Waals surface area contributed by atoms with Crippen molar-refractivity contribution < 1.29 is 0 Å². The lowest BCUT2D eigenvalue weighted by Crippen LogP contribution is -2.10. The molecule has 176 valence electrons. The number of hydrogen-bond donors (Lipinski definition) is 2. The lowest BCUT2D eigenvalue weighted by Gasteiger charge is -2.20. The van der Waals surface area contributed by atoms with E-state index in [4.69, 9.17) is 5.73 Å². The van der Waals surface area contributed by atoms with Crippen molar-refractivity contribution in [1.82, 2.24) is 4.98 Å². The van der Waals surface area contributed by atoms with E-state index in [0.29, 0.717) is 0 Å². The maximum Gasteiger partial charge on any atom is 0.0698 e. The summed E-state index contributed by atoms with van der Waals surface area (Å²) in [7, 11) is 0. The Labute approximate surface area is 211 Å². The van der Waals surface area contributed by atoms with Gasteiger partial charge in [-0.25, -0.2) is 0 Å². The van der Waals surface area contributed by atoms with E-state index in [1.54, 1.807) is 0 Å². The van der Waals surface area contributed by atoms with Crippen molar-refractivity contribution in [2.24, 2.45) is 0 Å². The Hall–Kier alpha value is -4.30. The molecule has 0 aliphatic carbocycles. The smallest absolute Gasteiger partial charge is 0.0698 e. The second-order valence-corrected chi connectivity index (χ2v) is 10.5. The van der Waals surface area contributed by atoms with Crippen LogP contribution < -0.4 is 5.73 Å². The summed E-state index contributed by atoms with van der Waals surface area (Å²) in [5.74, 6) is 0. The molecule has 6 aromatic rings. The average Bonchev–Trinajstić information content (AvgIpc) is 2.94. The van der Waals surface area contributed by atoms with E-state index in [1.165, 1.54) is 32.7 Å². The normalized spacial score (nSPS) is 11.9. The van der Waals surface area contributed by atoms with Gasteiger partial charge < -0.3 is 10.7 Å². The van der Waals surface area contributed by atoms with Crippen molar-refractivity contribution >= 4 is 49.0 Å². The highest BCUT2D eigenvalue weighted by atomic mass is 14.7. The van der Waals surface area contributed by atoms with Crippen molar-refractivity contribution in [2.45, 2.75) is 26.2 Å². The Morgan fingerprint density at radius 1 is 0.528 bits per heavy atom. The number of para-hydroxylation sites is 2. The molecular weight excluding hydrogens is 436 g/mol. The number of anilines is 1. The number of nitrogens with two attached hydrogens (primary N) is 1. The van der Waals surface area contributed by atoms with E-state index in [9.17, 15) is 0 Å². The average molecular weight is 467 g/mol. The quantitative estimate of drug-likeness (QED) is 0.233. The van der Waals surface area contributed by atoms with Crippen LogP contribution in [0.5, 0.6) is 0 Å². The summed E-state index contributed by atoms with van der Waals surface area (Å²) in [5.41, 5.74) is 13.1. The zero-order chi connectivity index (χ0) is 24.9. The Morgan fingerprint density at radius 3 is 1.64 bits per heavy atom. The third-order valence-electron chi connectivity index (χ3n) is 7.18. The van der Waals surface area contributed by atoms with Gasteiger partial charge in [0.15, 0.2) is 0 Å². The Bertz CT molecular complexity index is 1830. The van der Waals surface area contributed by atoms with Crippen LogP contribution in [-0.2, 0) is 5.41 Å². The predicted octanol–water partition coefficient (Wildman–Crippen LogP) is 9.30. The number of nitrogens with one attached hydrogen (secondary N) is 1. The molecule has 0 unspecified atom stereocenters. The molecule has 0 atom stereocenters. The number of aromatic nitrogens is 1. The van der Waals surface area contributed by atoms with E-state index in [-0.39, 0.29) is 5.41 Å². The third kappa shape index (κ3) is 3.67. The van der Waals surface area contributed by atoms with Gasteiger partial charge in [0.2, 0.25) is 0 Å². The van der Waals surface area contributed by atoms with E-state index >= 15 is 0 Å². The van der Waals surface area contributed by atoms with E-state index < -0.39 is 0 Å². The molecule has 5 aromatic carbocycles. The van der Waals surface area contributed by atoms with E-state index in [2.05, 4.69) is 123 Å². The van der Waals surface area contributed by atoms with Gasteiger partial charge in [-0.2, -0.15) is 0 Å². The standard InChI is InChI=1S/C34H30N2/c1-34(2,3)23-12-8-11-22(21-23)24-17-9-18-29-27-15-6-4-13-25(27)26-14-5-7-16-28(26)30-19-10-20-31(35)33(30)36-32(24)29/h4-21,36H,35H2,1-3H3. The van der Waals surface area contributed by atoms with Crippen LogP contribution in [0.15, 0.2) is 109 Å². The minimum Gasteiger partial charge on any atom is -0.397 e. The van der Waals surface area contributed by atoms with E-state index in [0.717, 1.165) is 33.1 Å². The highest BCUT2D eigenvalue weighted by Crippen LogP contribution is 2.36. The lowest BCUT2D eigenvalue weighted by atomic mass is 9.85. The molecule has 2 heteroatoms. The largest absolute Gasteiger partial charge is 0.397 e. The highest BCUT2D eigenvalue weighted by Gasteiger charge is 2.15. The van der Waals surface area contributed by atoms with Gasteiger partial charge in [-0.1, -0.05) is 124 Å². The Morgan fingerprint density at radius 2 is 1.03 bits per heavy atom. The first-order valence-corrected chi connectivity index (χ1v) is 12.5. The van der Waals surface area contributed by atoms with Gasteiger partial charge in [0.05, 0.1) is 16.7 Å². The predicted molar refractivity (Wildman–Crippen MR) is 157 cm³/mol. The first-order chi connectivity index (χ1) is 17.4. The minimum absolute atomic E-state index is 0.0649. The second-order valence-electron chi connectivity index (χ2n) is 10.5. The number of aromatic amines is 1. The molecule has 0 radical (unpaired) electrons. The first kappa shape index (κ1) is 22.2. The first-order valence-electron chi connectivity index (χ1n) is 12.5. The Kier molecular flexibility index (Phi) is 5.19. The highest BCUT2D eigenvalue weighted by molar-refractivity contribution is 6.21. The van der Waals surface area contributed by atoms with Gasteiger partial charge in [-0.3, -0.25) is 0 Å². The maximum atomic E-state index is 6.64. The summed E-state index contributed by atoms with van der Waals surface area (Å²) in [5, 5.41) is 7.06. The molecule has 6 rings (SSSR count). The van der Waals surface area contributed by atoms with Gasteiger partial charge >= 0.3 is 0 Å².